The molecule has 0 rings (SSSR count). The van der Waals surface area contributed by atoms with E-state index >= 15 is 0 Å². The van der Waals surface area contributed by atoms with Gasteiger partial charge in [-0.05, 0) is 26.7 Å². The zero-order chi connectivity index (χ0) is 10.8. The summed E-state index contributed by atoms with van der Waals surface area (Å²) >= 11 is 0. The summed E-state index contributed by atoms with van der Waals surface area (Å²) in [7, 11) is 0. The summed E-state index contributed by atoms with van der Waals surface area (Å²) in [4.78, 5) is 4.41. The lowest BCUT2D eigenvalue weighted by Gasteiger charge is -2.04. The molecule has 0 aromatic heterocycles. The molecule has 14 heavy (non-hydrogen) atoms. The first-order chi connectivity index (χ1) is 6.70. The van der Waals surface area contributed by atoms with Gasteiger partial charge in [-0.2, -0.15) is 0 Å². The Labute approximate surface area is 88.1 Å². The lowest BCUT2D eigenvalue weighted by Crippen LogP contribution is -2.08. The largest absolute Gasteiger partial charge is 0.376 e. The molecule has 0 aliphatic heterocycles. The van der Waals surface area contributed by atoms with Crippen molar-refractivity contribution in [3.05, 3.63) is 11.8 Å². The summed E-state index contributed by atoms with van der Waals surface area (Å²) in [6.07, 6.45) is 5.15. The van der Waals surface area contributed by atoms with Gasteiger partial charge in [0.25, 0.3) is 0 Å². The fourth-order valence-electron chi connectivity index (χ4n) is 1.02. The first kappa shape index (κ1) is 13.4. The molecule has 82 valence electrons. The summed E-state index contributed by atoms with van der Waals surface area (Å²) in [5.41, 5.74) is 2.39. The first-order valence-electron chi connectivity index (χ1n) is 5.47. The molecule has 0 saturated carbocycles. The van der Waals surface area contributed by atoms with Crippen molar-refractivity contribution in [2.75, 3.05) is 13.2 Å². The number of hydrogen-bond acceptors (Lipinski definition) is 2. The van der Waals surface area contributed by atoms with Crippen LogP contribution in [0.5, 0.6) is 0 Å². The molecule has 0 atom stereocenters. The Morgan fingerprint density at radius 3 is 2.43 bits per heavy atom. The van der Waals surface area contributed by atoms with Crippen molar-refractivity contribution >= 4 is 5.71 Å². The molecule has 0 bridgehead atoms. The van der Waals surface area contributed by atoms with Crippen LogP contribution in [0.3, 0.4) is 0 Å². The minimum absolute atomic E-state index is 0.686. The highest BCUT2D eigenvalue weighted by molar-refractivity contribution is 5.86. The molecule has 0 aromatic rings. The van der Waals surface area contributed by atoms with E-state index in [2.05, 4.69) is 32.7 Å². The van der Waals surface area contributed by atoms with E-state index in [1.807, 2.05) is 6.20 Å². The van der Waals surface area contributed by atoms with Gasteiger partial charge in [-0.3, -0.25) is 4.99 Å². The van der Waals surface area contributed by atoms with Crippen molar-refractivity contribution in [1.29, 1.82) is 0 Å². The monoisotopic (exact) mass is 197 g/mol. The van der Waals surface area contributed by atoms with Crippen LogP contribution in [0.4, 0.5) is 0 Å². The van der Waals surface area contributed by atoms with Crippen LogP contribution in [0.15, 0.2) is 16.8 Å². The van der Waals surface area contributed by atoms with E-state index in [-0.39, 0.29) is 0 Å². The van der Waals surface area contributed by atoms with Crippen LogP contribution in [0.2, 0.25) is 0 Å². The van der Waals surface area contributed by atoms with E-state index in [1.54, 1.807) is 0 Å². The van der Waals surface area contributed by atoms with Crippen LogP contribution >= 0.6 is 0 Å². The van der Waals surface area contributed by atoms with Crippen LogP contribution in [0.25, 0.3) is 0 Å². The van der Waals surface area contributed by atoms with Gasteiger partial charge in [-0.15, -0.1) is 0 Å². The summed E-state index contributed by atoms with van der Waals surface area (Å²) < 4.78 is 5.47. The van der Waals surface area contributed by atoms with Gasteiger partial charge in [0, 0.05) is 18.5 Å². The van der Waals surface area contributed by atoms with Gasteiger partial charge >= 0.3 is 0 Å². The third-order valence-electron chi connectivity index (χ3n) is 1.66. The molecule has 0 saturated heterocycles. The molecule has 0 spiro atoms. The maximum Gasteiger partial charge on any atom is 0.0848 e. The topological polar surface area (TPSA) is 21.6 Å². The maximum absolute atomic E-state index is 5.47. The second-order valence-electron chi connectivity index (χ2n) is 3.70. The summed E-state index contributed by atoms with van der Waals surface area (Å²) in [5, 5.41) is 0. The van der Waals surface area contributed by atoms with Crippen molar-refractivity contribution < 1.29 is 4.74 Å². The Kier molecular flexibility index (Phi) is 8.54. The van der Waals surface area contributed by atoms with E-state index in [4.69, 9.17) is 4.74 Å². The zero-order valence-electron chi connectivity index (χ0n) is 9.97. The Hall–Kier alpha value is -0.630. The van der Waals surface area contributed by atoms with E-state index in [1.165, 1.54) is 5.57 Å². The third-order valence-corrected chi connectivity index (χ3v) is 1.66. The number of nitrogens with zero attached hydrogens (tertiary/aromatic N) is 1. The van der Waals surface area contributed by atoms with Crippen LogP contribution in [0.1, 0.15) is 47.0 Å². The molecule has 2 nitrogen and oxygen atoms in total. The minimum Gasteiger partial charge on any atom is -0.376 e. The Bertz CT molecular complexity index is 190. The van der Waals surface area contributed by atoms with Crippen LogP contribution in [0, 0.1) is 0 Å². The molecular weight excluding hydrogens is 174 g/mol. The van der Waals surface area contributed by atoms with Crippen LogP contribution < -0.4 is 0 Å². The molecule has 0 radical (unpaired) electrons. The Morgan fingerprint density at radius 2 is 1.93 bits per heavy atom. The lowest BCUT2D eigenvalue weighted by molar-refractivity contribution is 0.171. The van der Waals surface area contributed by atoms with Gasteiger partial charge in [0.15, 0.2) is 0 Å². The smallest absolute Gasteiger partial charge is 0.0848 e. The molecule has 0 fully saturated rings. The van der Waals surface area contributed by atoms with E-state index in [9.17, 15) is 0 Å². The SMILES string of the molecule is CCCOC/C(CCC)=N/C=C(C)C. The number of ether oxygens (including phenoxy) is 1. The summed E-state index contributed by atoms with van der Waals surface area (Å²) in [5.74, 6) is 0. The van der Waals surface area contributed by atoms with Crippen molar-refractivity contribution in [3.63, 3.8) is 0 Å². The van der Waals surface area contributed by atoms with Gasteiger partial charge in [-0.25, -0.2) is 0 Å². The molecule has 0 amide bonds. The fourth-order valence-corrected chi connectivity index (χ4v) is 1.02. The van der Waals surface area contributed by atoms with Gasteiger partial charge in [-0.1, -0.05) is 25.8 Å². The second kappa shape index (κ2) is 8.95. The zero-order valence-corrected chi connectivity index (χ0v) is 9.97. The number of allylic oxidation sites excluding steroid dienone is 1. The summed E-state index contributed by atoms with van der Waals surface area (Å²) in [6.45, 7) is 9.91. The third kappa shape index (κ3) is 7.99. The van der Waals surface area contributed by atoms with E-state index in [0.717, 1.165) is 31.6 Å². The number of rotatable bonds is 7. The molecule has 0 aliphatic carbocycles. The standard InChI is InChI=1S/C12H23NO/c1-5-7-12(10-14-8-6-2)13-9-11(3)4/h9H,5-8,10H2,1-4H3/b13-12+. The average molecular weight is 197 g/mol. The Balaban J connectivity index is 4.00. The van der Waals surface area contributed by atoms with Gasteiger partial charge in [0.2, 0.25) is 0 Å². The first-order valence-corrected chi connectivity index (χ1v) is 5.47. The number of aliphatic imine (C=N–C) groups is 1. The molecule has 0 heterocycles. The highest BCUT2D eigenvalue weighted by Gasteiger charge is 1.96. The highest BCUT2D eigenvalue weighted by Crippen LogP contribution is 1.97. The number of hydrogen-bond donors (Lipinski definition) is 0. The van der Waals surface area contributed by atoms with Crippen molar-refractivity contribution in [2.24, 2.45) is 4.99 Å². The van der Waals surface area contributed by atoms with Gasteiger partial charge < -0.3 is 4.74 Å². The van der Waals surface area contributed by atoms with Gasteiger partial charge in [0.1, 0.15) is 0 Å². The van der Waals surface area contributed by atoms with Gasteiger partial charge in [0.05, 0.1) is 6.61 Å². The molecule has 0 aromatic carbocycles. The normalized spacial score (nSPS) is 11.6. The summed E-state index contributed by atoms with van der Waals surface area (Å²) in [6, 6.07) is 0. The maximum atomic E-state index is 5.47. The fraction of sp³-hybridized carbons (Fsp3) is 0.750. The van der Waals surface area contributed by atoms with Crippen LogP contribution in [-0.2, 0) is 4.74 Å². The van der Waals surface area contributed by atoms with Crippen molar-refractivity contribution in [3.8, 4) is 0 Å². The van der Waals surface area contributed by atoms with Crippen molar-refractivity contribution in [1.82, 2.24) is 0 Å². The van der Waals surface area contributed by atoms with Crippen molar-refractivity contribution in [2.45, 2.75) is 47.0 Å². The van der Waals surface area contributed by atoms with E-state index < -0.39 is 0 Å². The van der Waals surface area contributed by atoms with Crippen LogP contribution in [-0.4, -0.2) is 18.9 Å². The highest BCUT2D eigenvalue weighted by atomic mass is 16.5. The Morgan fingerprint density at radius 1 is 1.21 bits per heavy atom. The predicted molar refractivity (Wildman–Crippen MR) is 62.9 cm³/mol. The second-order valence-corrected chi connectivity index (χ2v) is 3.70. The average Bonchev–Trinajstić information content (AvgIpc) is 2.14. The quantitative estimate of drug-likeness (QED) is 0.451. The lowest BCUT2D eigenvalue weighted by atomic mass is 10.2. The predicted octanol–water partition coefficient (Wildman–Crippen LogP) is 3.58. The van der Waals surface area contributed by atoms with E-state index in [0.29, 0.717) is 6.61 Å². The molecule has 0 N–H and O–H groups in total. The molecule has 0 aliphatic rings. The minimum atomic E-state index is 0.686. The molecular formula is C12H23NO. The molecule has 0 unspecified atom stereocenters. The molecule has 2 heteroatoms.